The van der Waals surface area contributed by atoms with Gasteiger partial charge in [-0.25, -0.2) is 14.6 Å². The van der Waals surface area contributed by atoms with E-state index in [1.165, 1.54) is 7.11 Å². The number of carbonyl (C=O) groups is 2. The number of fused-ring (bicyclic) bond motifs is 1. The van der Waals surface area contributed by atoms with Gasteiger partial charge in [-0.2, -0.15) is 0 Å². The maximum absolute atomic E-state index is 12.5. The second kappa shape index (κ2) is 10.2. The van der Waals surface area contributed by atoms with E-state index in [-0.39, 0.29) is 12.6 Å². The lowest BCUT2D eigenvalue weighted by Crippen LogP contribution is -2.19. The van der Waals surface area contributed by atoms with Gasteiger partial charge in [-0.1, -0.05) is 41.9 Å². The predicted molar refractivity (Wildman–Crippen MR) is 134 cm³/mol. The third kappa shape index (κ3) is 5.44. The molecule has 0 aliphatic carbocycles. The molecule has 1 aromatic heterocycles. The normalized spacial score (nSPS) is 10.6. The summed E-state index contributed by atoms with van der Waals surface area (Å²) in [6.07, 6.45) is 0. The maximum atomic E-state index is 12.5. The Morgan fingerprint density at radius 1 is 0.971 bits per heavy atom. The number of carbonyl (C=O) groups excluding carboxylic acids is 2. The zero-order valence-electron chi connectivity index (χ0n) is 18.6. The number of aryl methyl sites for hydroxylation is 1. The third-order valence-electron chi connectivity index (χ3n) is 5.12. The van der Waals surface area contributed by atoms with Crippen molar-refractivity contribution in [3.63, 3.8) is 0 Å². The Hall–Kier alpha value is -4.10. The number of esters is 1. The van der Waals surface area contributed by atoms with Gasteiger partial charge in [-0.05, 0) is 48.9 Å². The van der Waals surface area contributed by atoms with Gasteiger partial charge in [0.05, 0.1) is 18.3 Å². The van der Waals surface area contributed by atoms with Gasteiger partial charge in [0.2, 0.25) is 0 Å². The molecule has 34 heavy (non-hydrogen) atoms. The first-order valence-electron chi connectivity index (χ1n) is 10.5. The number of urea groups is 1. The fraction of sp³-hybridized carbons (Fsp3) is 0.115. The van der Waals surface area contributed by atoms with Crippen molar-refractivity contribution in [3.05, 3.63) is 83.4 Å². The van der Waals surface area contributed by atoms with Crippen LogP contribution in [-0.2, 0) is 9.53 Å². The van der Waals surface area contributed by atoms with Gasteiger partial charge in [0.15, 0.2) is 6.61 Å². The molecular weight excluding hydrogens is 454 g/mol. The van der Waals surface area contributed by atoms with Crippen molar-refractivity contribution in [3.8, 4) is 17.0 Å². The molecule has 172 valence electrons. The van der Waals surface area contributed by atoms with E-state index in [9.17, 15) is 9.59 Å². The van der Waals surface area contributed by atoms with Crippen LogP contribution in [-0.4, -0.2) is 30.7 Å². The molecule has 1 heterocycles. The van der Waals surface area contributed by atoms with Crippen LogP contribution in [0, 0.1) is 6.92 Å². The number of halogens is 1. The molecule has 0 radical (unpaired) electrons. The summed E-state index contributed by atoms with van der Waals surface area (Å²) in [5.74, 6) is -0.0884. The first-order chi connectivity index (χ1) is 16.4. The van der Waals surface area contributed by atoms with E-state index in [1.807, 2.05) is 43.3 Å². The largest absolute Gasteiger partial charge is 0.481 e. The molecular formula is C26H22ClN3O4. The molecule has 0 saturated carbocycles. The third-order valence-corrected chi connectivity index (χ3v) is 5.35. The van der Waals surface area contributed by atoms with E-state index in [1.54, 1.807) is 36.4 Å². The summed E-state index contributed by atoms with van der Waals surface area (Å²) in [7, 11) is 1.29. The minimum atomic E-state index is -0.513. The topological polar surface area (TPSA) is 89.6 Å². The Balaban J connectivity index is 1.67. The van der Waals surface area contributed by atoms with Crippen molar-refractivity contribution in [2.24, 2.45) is 0 Å². The zero-order valence-corrected chi connectivity index (χ0v) is 19.3. The fourth-order valence-electron chi connectivity index (χ4n) is 3.38. The Morgan fingerprint density at radius 3 is 2.56 bits per heavy atom. The highest BCUT2D eigenvalue weighted by Crippen LogP contribution is 2.33. The SMILES string of the molecule is COC(=O)COc1cc(-c2cccc(Cl)c2)nc2ccc(NC(=O)Nc3ccccc3C)cc12. The number of hydrogen-bond acceptors (Lipinski definition) is 5. The van der Waals surface area contributed by atoms with E-state index in [0.29, 0.717) is 33.1 Å². The average Bonchev–Trinajstić information content (AvgIpc) is 2.83. The number of nitrogens with zero attached hydrogens (tertiary/aromatic N) is 1. The van der Waals surface area contributed by atoms with E-state index < -0.39 is 5.97 Å². The number of aromatic nitrogens is 1. The summed E-state index contributed by atoms with van der Waals surface area (Å²) in [6.45, 7) is 1.65. The highest BCUT2D eigenvalue weighted by molar-refractivity contribution is 6.30. The lowest BCUT2D eigenvalue weighted by molar-refractivity contribution is -0.142. The zero-order chi connectivity index (χ0) is 24.1. The second-order valence-corrected chi connectivity index (χ2v) is 7.94. The smallest absolute Gasteiger partial charge is 0.343 e. The molecule has 0 fully saturated rings. The average molecular weight is 476 g/mol. The van der Waals surface area contributed by atoms with Crippen molar-refractivity contribution < 1.29 is 19.1 Å². The number of anilines is 2. The number of ether oxygens (including phenoxy) is 2. The van der Waals surface area contributed by atoms with Crippen molar-refractivity contribution in [1.82, 2.24) is 4.98 Å². The number of hydrogen-bond donors (Lipinski definition) is 2. The van der Waals surface area contributed by atoms with E-state index >= 15 is 0 Å². The second-order valence-electron chi connectivity index (χ2n) is 7.51. The molecule has 4 rings (SSSR count). The van der Waals surface area contributed by atoms with Crippen LogP contribution in [0.5, 0.6) is 5.75 Å². The first kappa shape index (κ1) is 23.1. The summed E-state index contributed by atoms with van der Waals surface area (Å²) >= 11 is 6.14. The lowest BCUT2D eigenvalue weighted by Gasteiger charge is -2.13. The molecule has 0 unspecified atom stereocenters. The Bertz CT molecular complexity index is 1370. The lowest BCUT2D eigenvalue weighted by atomic mass is 10.1. The number of pyridine rings is 1. The molecule has 2 N–H and O–H groups in total. The quantitative estimate of drug-likeness (QED) is 0.331. The van der Waals surface area contributed by atoms with Gasteiger partial charge in [0.1, 0.15) is 5.75 Å². The van der Waals surface area contributed by atoms with Crippen LogP contribution < -0.4 is 15.4 Å². The summed E-state index contributed by atoms with van der Waals surface area (Å²) < 4.78 is 10.5. The van der Waals surface area contributed by atoms with E-state index in [0.717, 1.165) is 16.8 Å². The highest BCUT2D eigenvalue weighted by atomic mass is 35.5. The van der Waals surface area contributed by atoms with E-state index in [2.05, 4.69) is 10.6 Å². The van der Waals surface area contributed by atoms with Gasteiger partial charge in [0, 0.05) is 33.4 Å². The Morgan fingerprint density at radius 2 is 1.79 bits per heavy atom. The van der Waals surface area contributed by atoms with Crippen LogP contribution in [0.3, 0.4) is 0 Å². The fourth-order valence-corrected chi connectivity index (χ4v) is 3.57. The molecule has 3 aromatic carbocycles. The number of rotatable bonds is 6. The van der Waals surface area contributed by atoms with Crippen LogP contribution in [0.4, 0.5) is 16.2 Å². The molecule has 0 saturated heterocycles. The number of methoxy groups -OCH3 is 1. The molecule has 0 aliphatic rings. The summed E-state index contributed by atoms with van der Waals surface area (Å²) in [5.41, 5.74) is 4.27. The minimum Gasteiger partial charge on any atom is -0.481 e. The molecule has 0 aliphatic heterocycles. The van der Waals surface area contributed by atoms with Gasteiger partial charge < -0.3 is 20.1 Å². The van der Waals surface area contributed by atoms with Crippen molar-refractivity contribution in [1.29, 1.82) is 0 Å². The number of amides is 2. The van der Waals surface area contributed by atoms with Gasteiger partial charge in [-0.3, -0.25) is 0 Å². The molecule has 4 aromatic rings. The Labute approximate surface area is 201 Å². The Kier molecular flexibility index (Phi) is 6.94. The number of para-hydroxylation sites is 1. The first-order valence-corrected chi connectivity index (χ1v) is 10.8. The predicted octanol–water partition coefficient (Wildman–Crippen LogP) is 6.06. The molecule has 7 nitrogen and oxygen atoms in total. The summed E-state index contributed by atoms with van der Waals surface area (Å²) in [5, 5.41) is 6.87. The van der Waals surface area contributed by atoms with E-state index in [4.69, 9.17) is 26.1 Å². The van der Waals surface area contributed by atoms with Gasteiger partial charge in [-0.15, -0.1) is 0 Å². The van der Waals surface area contributed by atoms with Gasteiger partial charge >= 0.3 is 12.0 Å². The minimum absolute atomic E-state index is 0.268. The molecule has 0 atom stereocenters. The molecule has 0 spiro atoms. The van der Waals surface area contributed by atoms with Crippen molar-refractivity contribution in [2.75, 3.05) is 24.4 Å². The maximum Gasteiger partial charge on any atom is 0.343 e. The van der Waals surface area contributed by atoms with Crippen molar-refractivity contribution in [2.45, 2.75) is 6.92 Å². The number of benzene rings is 3. The van der Waals surface area contributed by atoms with Gasteiger partial charge in [0.25, 0.3) is 0 Å². The molecule has 2 amide bonds. The molecule has 0 bridgehead atoms. The molecule has 8 heteroatoms. The number of nitrogens with one attached hydrogen (secondary N) is 2. The summed E-state index contributed by atoms with van der Waals surface area (Å²) in [4.78, 5) is 28.9. The standard InChI is InChI=1S/C26H22ClN3O4/c1-16-6-3-4-9-21(16)30-26(32)28-19-10-11-22-20(13-19)24(34-15-25(31)33-2)14-23(29-22)17-7-5-8-18(27)12-17/h3-14H,15H2,1-2H3,(H2,28,30,32). The van der Waals surface area contributed by atoms with Crippen LogP contribution in [0.2, 0.25) is 5.02 Å². The monoisotopic (exact) mass is 475 g/mol. The van der Waals surface area contributed by atoms with Crippen LogP contribution >= 0.6 is 11.6 Å². The highest BCUT2D eigenvalue weighted by Gasteiger charge is 2.13. The van der Waals surface area contributed by atoms with Crippen molar-refractivity contribution >= 4 is 45.9 Å². The van der Waals surface area contributed by atoms with Crippen LogP contribution in [0.1, 0.15) is 5.56 Å². The van der Waals surface area contributed by atoms with Crippen LogP contribution in [0.25, 0.3) is 22.2 Å². The van der Waals surface area contributed by atoms with Crippen LogP contribution in [0.15, 0.2) is 72.8 Å². The summed E-state index contributed by atoms with van der Waals surface area (Å²) in [6, 6.07) is 21.4.